The Labute approximate surface area is 206 Å². The lowest BCUT2D eigenvalue weighted by molar-refractivity contribution is -0.140. The Morgan fingerprint density at radius 2 is 1.74 bits per heavy atom. The normalized spacial score (nSPS) is 19.3. The molecule has 1 saturated heterocycles. The van der Waals surface area contributed by atoms with Gasteiger partial charge < -0.3 is 23.9 Å². The summed E-state index contributed by atoms with van der Waals surface area (Å²) in [6, 6.07) is 12.9. The van der Waals surface area contributed by atoms with Gasteiger partial charge in [-0.1, -0.05) is 37.3 Å². The fraction of sp³-hybridized carbons (Fsp3) is 0.444. The van der Waals surface area contributed by atoms with Crippen molar-refractivity contribution in [2.24, 2.45) is 0 Å². The summed E-state index contributed by atoms with van der Waals surface area (Å²) in [5, 5.41) is 0. The van der Waals surface area contributed by atoms with Gasteiger partial charge in [-0.05, 0) is 38.1 Å². The van der Waals surface area contributed by atoms with E-state index in [-0.39, 0.29) is 43.1 Å². The molecule has 0 radical (unpaired) electrons. The summed E-state index contributed by atoms with van der Waals surface area (Å²) < 4.78 is 11.2. The van der Waals surface area contributed by atoms with Gasteiger partial charge in [0, 0.05) is 44.2 Å². The molecule has 2 aromatic rings. The number of carbonyl (C=O) groups is 3. The van der Waals surface area contributed by atoms with E-state index in [1.807, 2.05) is 30.3 Å². The Morgan fingerprint density at radius 1 is 1.03 bits per heavy atom. The number of benzene rings is 1. The topological polar surface area (TPSA) is 83.3 Å². The van der Waals surface area contributed by atoms with Crippen molar-refractivity contribution in [2.45, 2.75) is 39.7 Å². The zero-order valence-corrected chi connectivity index (χ0v) is 20.7. The van der Waals surface area contributed by atoms with E-state index in [0.717, 1.165) is 25.2 Å². The summed E-state index contributed by atoms with van der Waals surface area (Å²) in [6.45, 7) is 10.0. The van der Waals surface area contributed by atoms with Crippen molar-refractivity contribution in [1.82, 2.24) is 14.7 Å². The molecule has 4 rings (SSSR count). The number of allylic oxidation sites excluding steroid dienone is 1. The third-order valence-electron chi connectivity index (χ3n) is 6.81. The van der Waals surface area contributed by atoms with Crippen LogP contribution in [0.25, 0.3) is 0 Å². The lowest BCUT2D eigenvalue weighted by Crippen LogP contribution is -2.48. The SMILES string of the molecule is CCOC(=O)C1=C(C)N(Cc2ccc(C(=O)N3CCN(CC)CC3)o2)C(=O)CC1c1ccccc1. The molecule has 1 aromatic heterocycles. The Balaban J connectivity index is 1.54. The van der Waals surface area contributed by atoms with E-state index >= 15 is 0 Å². The van der Waals surface area contributed by atoms with Crippen LogP contribution in [0.5, 0.6) is 0 Å². The molecular weight excluding hydrogens is 446 g/mol. The van der Waals surface area contributed by atoms with Crippen molar-refractivity contribution in [2.75, 3.05) is 39.3 Å². The first-order valence-electron chi connectivity index (χ1n) is 12.3. The summed E-state index contributed by atoms with van der Waals surface area (Å²) >= 11 is 0. The fourth-order valence-electron chi connectivity index (χ4n) is 4.80. The molecule has 35 heavy (non-hydrogen) atoms. The summed E-state index contributed by atoms with van der Waals surface area (Å²) in [5.41, 5.74) is 1.93. The van der Waals surface area contributed by atoms with Crippen LogP contribution < -0.4 is 0 Å². The number of furan rings is 1. The first kappa shape index (κ1) is 24.7. The molecule has 1 unspecified atom stereocenters. The van der Waals surface area contributed by atoms with Gasteiger partial charge in [0.2, 0.25) is 5.91 Å². The molecule has 3 heterocycles. The fourth-order valence-corrected chi connectivity index (χ4v) is 4.80. The van der Waals surface area contributed by atoms with E-state index in [1.165, 1.54) is 0 Å². The van der Waals surface area contributed by atoms with Crippen LogP contribution in [0.1, 0.15) is 55.0 Å². The minimum absolute atomic E-state index is 0.107. The van der Waals surface area contributed by atoms with E-state index in [0.29, 0.717) is 30.1 Å². The predicted molar refractivity (Wildman–Crippen MR) is 130 cm³/mol. The van der Waals surface area contributed by atoms with Crippen LogP contribution in [-0.2, 0) is 20.9 Å². The molecule has 0 saturated carbocycles. The number of hydrogen-bond acceptors (Lipinski definition) is 6. The van der Waals surface area contributed by atoms with Crippen LogP contribution in [0.4, 0.5) is 0 Å². The van der Waals surface area contributed by atoms with Crippen molar-refractivity contribution in [1.29, 1.82) is 0 Å². The molecule has 2 amide bonds. The van der Waals surface area contributed by atoms with Crippen molar-refractivity contribution in [3.8, 4) is 0 Å². The van der Waals surface area contributed by atoms with Gasteiger partial charge in [-0.3, -0.25) is 9.59 Å². The van der Waals surface area contributed by atoms with Crippen molar-refractivity contribution < 1.29 is 23.5 Å². The molecule has 1 fully saturated rings. The average molecular weight is 480 g/mol. The number of likely N-dealkylation sites (N-methyl/N-ethyl adjacent to an activating group) is 1. The number of amides is 2. The molecule has 2 aliphatic rings. The maximum Gasteiger partial charge on any atom is 0.336 e. The number of carbonyl (C=O) groups excluding carboxylic acids is 3. The van der Waals surface area contributed by atoms with Crippen LogP contribution in [-0.4, -0.2) is 71.8 Å². The third kappa shape index (κ3) is 5.32. The highest BCUT2D eigenvalue weighted by Gasteiger charge is 2.37. The molecule has 0 bridgehead atoms. The Morgan fingerprint density at radius 3 is 2.40 bits per heavy atom. The monoisotopic (exact) mass is 479 g/mol. The molecule has 8 nitrogen and oxygen atoms in total. The van der Waals surface area contributed by atoms with Gasteiger partial charge in [0.15, 0.2) is 5.76 Å². The van der Waals surface area contributed by atoms with Gasteiger partial charge >= 0.3 is 5.97 Å². The minimum Gasteiger partial charge on any atom is -0.463 e. The molecule has 1 aromatic carbocycles. The second-order valence-electron chi connectivity index (χ2n) is 8.86. The molecule has 0 aliphatic carbocycles. The molecule has 0 N–H and O–H groups in total. The maximum absolute atomic E-state index is 13.2. The number of rotatable bonds is 7. The van der Waals surface area contributed by atoms with Gasteiger partial charge in [-0.15, -0.1) is 0 Å². The predicted octanol–water partition coefficient (Wildman–Crippen LogP) is 3.41. The largest absolute Gasteiger partial charge is 0.463 e. The van der Waals surface area contributed by atoms with Crippen molar-refractivity contribution >= 4 is 17.8 Å². The highest BCUT2D eigenvalue weighted by atomic mass is 16.5. The minimum atomic E-state index is -0.419. The van der Waals surface area contributed by atoms with Gasteiger partial charge in [0.1, 0.15) is 5.76 Å². The zero-order valence-electron chi connectivity index (χ0n) is 20.7. The van der Waals surface area contributed by atoms with Crippen LogP contribution in [0.15, 0.2) is 58.2 Å². The summed E-state index contributed by atoms with van der Waals surface area (Å²) in [7, 11) is 0. The number of ether oxygens (including phenoxy) is 1. The first-order valence-corrected chi connectivity index (χ1v) is 12.3. The van der Waals surface area contributed by atoms with Gasteiger partial charge in [0.05, 0.1) is 18.7 Å². The molecule has 186 valence electrons. The summed E-state index contributed by atoms with van der Waals surface area (Å²) in [4.78, 5) is 44.7. The third-order valence-corrected chi connectivity index (χ3v) is 6.81. The highest BCUT2D eigenvalue weighted by molar-refractivity contribution is 5.96. The Kier molecular flexibility index (Phi) is 7.70. The zero-order chi connectivity index (χ0) is 24.9. The van der Waals surface area contributed by atoms with E-state index in [2.05, 4.69) is 11.8 Å². The van der Waals surface area contributed by atoms with Gasteiger partial charge in [0.25, 0.3) is 5.91 Å². The average Bonchev–Trinajstić information content (AvgIpc) is 3.35. The van der Waals surface area contributed by atoms with Crippen LogP contribution in [0.2, 0.25) is 0 Å². The van der Waals surface area contributed by atoms with Crippen LogP contribution in [0, 0.1) is 0 Å². The second-order valence-corrected chi connectivity index (χ2v) is 8.86. The van der Waals surface area contributed by atoms with E-state index in [4.69, 9.17) is 9.15 Å². The molecule has 1 atom stereocenters. The highest BCUT2D eigenvalue weighted by Crippen LogP contribution is 2.37. The molecule has 8 heteroatoms. The van der Waals surface area contributed by atoms with Crippen LogP contribution >= 0.6 is 0 Å². The second kappa shape index (κ2) is 10.9. The maximum atomic E-state index is 13.2. The molecular formula is C27H33N3O5. The van der Waals surface area contributed by atoms with E-state index < -0.39 is 5.97 Å². The quantitative estimate of drug-likeness (QED) is 0.566. The molecule has 2 aliphatic heterocycles. The summed E-state index contributed by atoms with van der Waals surface area (Å²) in [5.74, 6) is -0.268. The van der Waals surface area contributed by atoms with Gasteiger partial charge in [-0.2, -0.15) is 0 Å². The van der Waals surface area contributed by atoms with Crippen molar-refractivity contribution in [3.05, 3.63) is 70.8 Å². The Hall–Kier alpha value is -3.39. The number of esters is 1. The molecule has 0 spiro atoms. The number of hydrogen-bond donors (Lipinski definition) is 0. The smallest absolute Gasteiger partial charge is 0.336 e. The number of nitrogens with zero attached hydrogens (tertiary/aromatic N) is 3. The van der Waals surface area contributed by atoms with E-state index in [1.54, 1.807) is 35.8 Å². The number of piperazine rings is 1. The van der Waals surface area contributed by atoms with Crippen molar-refractivity contribution in [3.63, 3.8) is 0 Å². The lowest BCUT2D eigenvalue weighted by atomic mass is 9.83. The first-order chi connectivity index (χ1) is 16.9. The standard InChI is InChI=1S/C27H33N3O5/c1-4-28-13-15-29(16-14-28)26(32)23-12-11-21(35-23)18-30-19(3)25(27(33)34-5-2)22(17-24(30)31)20-9-7-6-8-10-20/h6-12,22H,4-5,13-18H2,1-3H3. The Bertz CT molecular complexity index is 1100. The van der Waals surface area contributed by atoms with E-state index in [9.17, 15) is 14.4 Å². The summed E-state index contributed by atoms with van der Waals surface area (Å²) in [6.07, 6.45) is 0.156. The van der Waals surface area contributed by atoms with Crippen LogP contribution in [0.3, 0.4) is 0 Å². The lowest BCUT2D eigenvalue weighted by Gasteiger charge is -2.34. The van der Waals surface area contributed by atoms with Gasteiger partial charge in [-0.25, -0.2) is 4.79 Å².